The number of rotatable bonds is 8. The minimum atomic E-state index is -0.699. The zero-order valence-electron chi connectivity index (χ0n) is 27.6. The first kappa shape index (κ1) is 32.2. The maximum absolute atomic E-state index is 13.8. The molecule has 3 N–H and O–H groups in total. The average Bonchev–Trinajstić information content (AvgIpc) is 3.51. The SMILES string of the molecule is CN(Cc1ccccc1CN(CC(=O)Nc1ccc2c(c1)C[C@@]1(C2)C(=O)Nc2ncccc21)C(=O)C1(C)CNC1)C(=O)OC(C)(C)C. The second kappa shape index (κ2) is 12.1. The summed E-state index contributed by atoms with van der Waals surface area (Å²) in [5.41, 5.74) is 3.33. The number of hydrogen-bond acceptors (Lipinski definition) is 7. The summed E-state index contributed by atoms with van der Waals surface area (Å²) in [4.78, 5) is 60.6. The van der Waals surface area contributed by atoms with Gasteiger partial charge in [0.05, 0.1) is 10.8 Å². The molecule has 1 saturated heterocycles. The van der Waals surface area contributed by atoms with Crippen molar-refractivity contribution < 1.29 is 23.9 Å². The quantitative estimate of drug-likeness (QED) is 0.340. The average molecular weight is 639 g/mol. The van der Waals surface area contributed by atoms with E-state index in [1.807, 2.05) is 82.3 Å². The maximum Gasteiger partial charge on any atom is 0.410 e. The Hall–Kier alpha value is -4.77. The van der Waals surface area contributed by atoms with E-state index in [0.717, 1.165) is 27.8 Å². The van der Waals surface area contributed by atoms with Gasteiger partial charge in [0, 0.05) is 50.7 Å². The lowest BCUT2D eigenvalue weighted by molar-refractivity contribution is -0.146. The fourth-order valence-electron chi connectivity index (χ4n) is 6.68. The third-order valence-electron chi connectivity index (χ3n) is 9.22. The molecule has 11 heteroatoms. The van der Waals surface area contributed by atoms with Crippen molar-refractivity contribution in [2.75, 3.05) is 37.3 Å². The first-order valence-electron chi connectivity index (χ1n) is 16.0. The molecule has 2 aliphatic heterocycles. The van der Waals surface area contributed by atoms with Crippen molar-refractivity contribution in [2.45, 2.75) is 64.6 Å². The lowest BCUT2D eigenvalue weighted by Crippen LogP contribution is -2.61. The Morgan fingerprint density at radius 1 is 0.979 bits per heavy atom. The number of nitrogens with one attached hydrogen (secondary N) is 3. The molecule has 6 rings (SSSR count). The van der Waals surface area contributed by atoms with Crippen molar-refractivity contribution >= 4 is 35.3 Å². The van der Waals surface area contributed by atoms with E-state index in [0.29, 0.717) is 37.4 Å². The smallest absolute Gasteiger partial charge is 0.410 e. The predicted octanol–water partition coefficient (Wildman–Crippen LogP) is 4.01. The number of ether oxygens (including phenoxy) is 1. The molecule has 0 saturated carbocycles. The van der Waals surface area contributed by atoms with Crippen molar-refractivity contribution in [1.29, 1.82) is 0 Å². The van der Waals surface area contributed by atoms with Gasteiger partial charge >= 0.3 is 6.09 Å². The van der Waals surface area contributed by atoms with Crippen LogP contribution in [-0.4, -0.2) is 70.9 Å². The highest BCUT2D eigenvalue weighted by atomic mass is 16.6. The third kappa shape index (κ3) is 6.44. The van der Waals surface area contributed by atoms with Gasteiger partial charge in [-0.2, -0.15) is 0 Å². The molecule has 47 heavy (non-hydrogen) atoms. The number of pyridine rings is 1. The molecule has 246 valence electrons. The van der Waals surface area contributed by atoms with E-state index >= 15 is 0 Å². The molecule has 0 unspecified atom stereocenters. The molecule has 3 aliphatic rings. The van der Waals surface area contributed by atoms with Gasteiger partial charge in [-0.1, -0.05) is 36.4 Å². The van der Waals surface area contributed by atoms with Crippen LogP contribution in [0.3, 0.4) is 0 Å². The number of carbonyl (C=O) groups excluding carboxylic acids is 4. The van der Waals surface area contributed by atoms with Gasteiger partial charge in [0.1, 0.15) is 18.0 Å². The zero-order valence-corrected chi connectivity index (χ0v) is 27.6. The van der Waals surface area contributed by atoms with E-state index in [1.165, 1.54) is 4.90 Å². The molecular weight excluding hydrogens is 596 g/mol. The second-order valence-electron chi connectivity index (χ2n) is 14.3. The fraction of sp³-hybridized carbons (Fsp3) is 0.417. The molecule has 1 atom stereocenters. The summed E-state index contributed by atoms with van der Waals surface area (Å²) >= 11 is 0. The van der Waals surface area contributed by atoms with Crippen LogP contribution >= 0.6 is 0 Å². The second-order valence-corrected chi connectivity index (χ2v) is 14.3. The van der Waals surface area contributed by atoms with Gasteiger partial charge in [0.25, 0.3) is 0 Å². The highest BCUT2D eigenvalue weighted by Crippen LogP contribution is 2.47. The van der Waals surface area contributed by atoms with Crippen LogP contribution in [-0.2, 0) is 50.5 Å². The Kier molecular flexibility index (Phi) is 8.29. The topological polar surface area (TPSA) is 133 Å². The normalized spacial score (nSPS) is 18.9. The predicted molar refractivity (Wildman–Crippen MR) is 178 cm³/mol. The number of benzene rings is 2. The Labute approximate surface area is 275 Å². The highest BCUT2D eigenvalue weighted by molar-refractivity contribution is 6.06. The largest absolute Gasteiger partial charge is 0.444 e. The van der Waals surface area contributed by atoms with Gasteiger partial charge in [-0.05, 0) is 81.0 Å². The first-order valence-corrected chi connectivity index (χ1v) is 16.0. The third-order valence-corrected chi connectivity index (χ3v) is 9.22. The van der Waals surface area contributed by atoms with Crippen LogP contribution in [0.25, 0.3) is 0 Å². The van der Waals surface area contributed by atoms with Gasteiger partial charge in [-0.3, -0.25) is 14.4 Å². The van der Waals surface area contributed by atoms with Crippen molar-refractivity contribution in [1.82, 2.24) is 20.1 Å². The van der Waals surface area contributed by atoms with E-state index < -0.39 is 22.5 Å². The molecule has 1 spiro atoms. The summed E-state index contributed by atoms with van der Waals surface area (Å²) in [6, 6.07) is 17.1. The van der Waals surface area contributed by atoms with E-state index in [2.05, 4.69) is 20.9 Å². The van der Waals surface area contributed by atoms with E-state index in [9.17, 15) is 19.2 Å². The Balaban J connectivity index is 1.17. The molecule has 2 aromatic carbocycles. The van der Waals surface area contributed by atoms with Crippen molar-refractivity contribution in [2.24, 2.45) is 5.41 Å². The summed E-state index contributed by atoms with van der Waals surface area (Å²) < 4.78 is 5.52. The number of amides is 4. The van der Waals surface area contributed by atoms with Gasteiger partial charge in [-0.25, -0.2) is 9.78 Å². The molecular formula is C36H42N6O5. The van der Waals surface area contributed by atoms with E-state index in [1.54, 1.807) is 18.1 Å². The monoisotopic (exact) mass is 638 g/mol. The molecule has 0 radical (unpaired) electrons. The van der Waals surface area contributed by atoms with Crippen LogP contribution in [0.5, 0.6) is 0 Å². The first-order chi connectivity index (χ1) is 22.3. The molecule has 11 nitrogen and oxygen atoms in total. The molecule has 0 bridgehead atoms. The summed E-state index contributed by atoms with van der Waals surface area (Å²) in [6.45, 7) is 8.78. The van der Waals surface area contributed by atoms with Crippen LogP contribution in [0.4, 0.5) is 16.3 Å². The molecule has 3 heterocycles. The fourth-order valence-corrected chi connectivity index (χ4v) is 6.68. The van der Waals surface area contributed by atoms with Crippen molar-refractivity contribution in [3.05, 3.63) is 88.6 Å². The molecule has 3 aromatic rings. The van der Waals surface area contributed by atoms with Crippen LogP contribution < -0.4 is 16.0 Å². The summed E-state index contributed by atoms with van der Waals surface area (Å²) in [5, 5.41) is 9.10. The Morgan fingerprint density at radius 3 is 2.36 bits per heavy atom. The van der Waals surface area contributed by atoms with Gasteiger partial charge in [0.2, 0.25) is 17.7 Å². The summed E-state index contributed by atoms with van der Waals surface area (Å²) in [6.07, 6.45) is 2.31. The summed E-state index contributed by atoms with van der Waals surface area (Å²) in [7, 11) is 1.68. The van der Waals surface area contributed by atoms with Crippen LogP contribution in [0.15, 0.2) is 60.8 Å². The number of aromatic nitrogens is 1. The van der Waals surface area contributed by atoms with E-state index in [4.69, 9.17) is 4.74 Å². The number of carbonyl (C=O) groups is 4. The highest BCUT2D eigenvalue weighted by Gasteiger charge is 2.51. The lowest BCUT2D eigenvalue weighted by atomic mass is 9.79. The van der Waals surface area contributed by atoms with Crippen LogP contribution in [0.2, 0.25) is 0 Å². The number of anilines is 2. The maximum atomic E-state index is 13.8. The molecule has 1 aliphatic carbocycles. The van der Waals surface area contributed by atoms with Gasteiger partial charge in [-0.15, -0.1) is 0 Å². The Morgan fingerprint density at radius 2 is 1.68 bits per heavy atom. The minimum absolute atomic E-state index is 0.0568. The van der Waals surface area contributed by atoms with Crippen LogP contribution in [0, 0.1) is 5.41 Å². The van der Waals surface area contributed by atoms with Crippen molar-refractivity contribution in [3.63, 3.8) is 0 Å². The number of fused-ring (bicyclic) bond motifs is 3. The van der Waals surface area contributed by atoms with Gasteiger partial charge in [0.15, 0.2) is 0 Å². The van der Waals surface area contributed by atoms with Crippen LogP contribution in [0.1, 0.15) is 55.5 Å². The van der Waals surface area contributed by atoms with E-state index in [-0.39, 0.29) is 37.4 Å². The Bertz CT molecular complexity index is 1750. The molecule has 1 aromatic heterocycles. The number of nitrogens with zero attached hydrogens (tertiary/aromatic N) is 3. The van der Waals surface area contributed by atoms with Crippen molar-refractivity contribution in [3.8, 4) is 0 Å². The lowest BCUT2D eigenvalue weighted by Gasteiger charge is -2.41. The number of hydrogen-bond donors (Lipinski definition) is 3. The molecule has 4 amide bonds. The zero-order chi connectivity index (χ0) is 33.6. The minimum Gasteiger partial charge on any atom is -0.444 e. The standard InChI is InChI=1S/C36H42N6O5/c1-34(2,3)47-33(46)41(5)18-24-9-6-7-10-25(24)19-42(32(45)35(4)21-37-22-35)20-29(43)39-27-13-12-23-16-36(17-26(23)15-27)28-11-8-14-38-30(28)40-31(36)44/h6-15,37H,16-22H2,1-5H3,(H,39,43)(H,38,40,44)/t36-/m1/s1. The summed E-state index contributed by atoms with van der Waals surface area (Å²) in [5.74, 6) is 0.117. The van der Waals surface area contributed by atoms with Gasteiger partial charge < -0.3 is 30.5 Å². The molecule has 1 fully saturated rings.